The second-order valence-corrected chi connectivity index (χ2v) is 15.9. The van der Waals surface area contributed by atoms with Gasteiger partial charge in [0.25, 0.3) is 0 Å². The molecule has 2 aliphatic heterocycles. The van der Waals surface area contributed by atoms with E-state index in [1.807, 2.05) is 62.4 Å². The molecule has 2 aromatic heterocycles. The number of hydrogen-bond donors (Lipinski definition) is 0. The van der Waals surface area contributed by atoms with Crippen molar-refractivity contribution in [2.45, 2.75) is 66.2 Å². The summed E-state index contributed by atoms with van der Waals surface area (Å²) in [5.41, 5.74) is 10.8. The molecular formula is C51H47N7O4. The Hall–Kier alpha value is -7.23. The lowest BCUT2D eigenvalue weighted by Crippen LogP contribution is -2.36. The molecule has 0 aliphatic carbocycles. The average Bonchev–Trinajstić information content (AvgIpc) is 3.27. The van der Waals surface area contributed by atoms with Crippen molar-refractivity contribution >= 4 is 0 Å². The van der Waals surface area contributed by atoms with Crippen LogP contribution in [0, 0.1) is 47.8 Å². The number of nitrogens with zero attached hydrogens (tertiary/aromatic N) is 7. The summed E-state index contributed by atoms with van der Waals surface area (Å²) >= 11 is 0. The molecular weight excluding hydrogens is 775 g/mol. The normalized spacial score (nSPS) is 13.5. The maximum Gasteiger partial charge on any atom is 0.128 e. The van der Waals surface area contributed by atoms with Crippen LogP contribution in [0.5, 0.6) is 23.0 Å². The quantitative estimate of drug-likeness (QED) is 0.0870. The molecule has 0 unspecified atom stereocenters. The van der Waals surface area contributed by atoms with Crippen molar-refractivity contribution in [3.05, 3.63) is 165 Å². The fraction of sp³-hybridized carbons (Fsp3) is 0.275. The summed E-state index contributed by atoms with van der Waals surface area (Å²) in [5.74, 6) is 2.86. The highest BCUT2D eigenvalue weighted by Gasteiger charge is 2.21. The summed E-state index contributed by atoms with van der Waals surface area (Å²) < 4.78 is 25.6. The highest BCUT2D eigenvalue weighted by atomic mass is 16.5. The molecule has 0 saturated carbocycles. The largest absolute Gasteiger partial charge is 0.488 e. The van der Waals surface area contributed by atoms with Gasteiger partial charge < -0.3 is 18.9 Å². The fourth-order valence-electron chi connectivity index (χ4n) is 7.66. The van der Waals surface area contributed by atoms with Crippen LogP contribution >= 0.6 is 0 Å². The van der Waals surface area contributed by atoms with Gasteiger partial charge in [-0.05, 0) is 111 Å². The number of ether oxygens (including phenoxy) is 4. The summed E-state index contributed by atoms with van der Waals surface area (Å²) in [4.78, 5) is 13.1. The topological polar surface area (TPSA) is 141 Å². The highest BCUT2D eigenvalue weighted by Crippen LogP contribution is 2.35. The van der Waals surface area contributed by atoms with Crippen LogP contribution < -0.4 is 18.9 Å². The molecule has 8 rings (SSSR count). The summed E-state index contributed by atoms with van der Waals surface area (Å²) in [6.45, 7) is 10.9. The molecule has 0 bridgehead atoms. The van der Waals surface area contributed by atoms with Crippen LogP contribution in [0.3, 0.4) is 0 Å². The zero-order valence-corrected chi connectivity index (χ0v) is 35.1. The Morgan fingerprint density at radius 2 is 1.03 bits per heavy atom. The van der Waals surface area contributed by atoms with Gasteiger partial charge in [-0.25, -0.2) is 0 Å². The van der Waals surface area contributed by atoms with Crippen LogP contribution in [-0.2, 0) is 39.5 Å². The van der Waals surface area contributed by atoms with E-state index in [9.17, 15) is 15.8 Å². The van der Waals surface area contributed by atoms with Crippen LogP contribution in [0.25, 0.3) is 11.1 Å². The lowest BCUT2D eigenvalue weighted by molar-refractivity contribution is 0.169. The molecule has 2 aliphatic rings. The Morgan fingerprint density at radius 3 is 1.55 bits per heavy atom. The summed E-state index contributed by atoms with van der Waals surface area (Å²) in [7, 11) is 0. The van der Waals surface area contributed by atoms with E-state index >= 15 is 0 Å². The Balaban J connectivity index is 0.975. The van der Waals surface area contributed by atoms with E-state index in [-0.39, 0.29) is 19.8 Å². The monoisotopic (exact) mass is 821 g/mol. The molecule has 310 valence electrons. The summed E-state index contributed by atoms with van der Waals surface area (Å²) in [5, 5.41) is 29.2. The van der Waals surface area contributed by atoms with E-state index in [0.29, 0.717) is 29.0 Å². The second-order valence-electron chi connectivity index (χ2n) is 15.9. The van der Waals surface area contributed by atoms with Gasteiger partial charge in [-0.1, -0.05) is 36.4 Å². The minimum Gasteiger partial charge on any atom is -0.488 e. The number of nitriles is 3. The van der Waals surface area contributed by atoms with Crippen LogP contribution in [-0.4, -0.2) is 45.9 Å². The lowest BCUT2D eigenvalue weighted by Gasteiger charge is -2.31. The van der Waals surface area contributed by atoms with Crippen molar-refractivity contribution in [1.82, 2.24) is 19.8 Å². The minimum atomic E-state index is 0.192. The predicted octanol–water partition coefficient (Wildman–Crippen LogP) is 9.10. The van der Waals surface area contributed by atoms with Crippen molar-refractivity contribution in [2.24, 2.45) is 0 Å². The van der Waals surface area contributed by atoms with Gasteiger partial charge in [0.2, 0.25) is 0 Å². The number of pyridine rings is 2. The molecule has 11 nitrogen and oxygen atoms in total. The Labute approximate surface area is 363 Å². The molecule has 4 heterocycles. The third-order valence-corrected chi connectivity index (χ3v) is 11.3. The van der Waals surface area contributed by atoms with Crippen LogP contribution in [0.1, 0.15) is 74.0 Å². The van der Waals surface area contributed by atoms with Crippen molar-refractivity contribution in [1.29, 1.82) is 15.8 Å². The molecule has 62 heavy (non-hydrogen) atoms. The standard InChI is InChI=1S/C51H47N7O4/c1-35-15-44(29-57-11-5-12-57)50(60-32-40-17-38(22-52)25-55-27-40)20-48(35)59-31-37-7-3-8-42(19-37)46-10-4-9-43(47(46)24-54)34-62-49-21-51(45(16-36(49)2)30-58-13-6-14-58)61-33-41-18-39(23-53)26-56-28-41/h3-4,7-10,15-21,25-28H,5-6,11-14,29-34H2,1-2H3. The van der Waals surface area contributed by atoms with Gasteiger partial charge in [0, 0.05) is 77.8 Å². The maximum absolute atomic E-state index is 10.5. The van der Waals surface area contributed by atoms with Gasteiger partial charge in [-0.15, -0.1) is 0 Å². The van der Waals surface area contributed by atoms with E-state index in [1.165, 1.54) is 19.0 Å². The Morgan fingerprint density at radius 1 is 0.516 bits per heavy atom. The van der Waals surface area contributed by atoms with Crippen LogP contribution in [0.4, 0.5) is 0 Å². The minimum absolute atomic E-state index is 0.192. The second kappa shape index (κ2) is 19.4. The maximum atomic E-state index is 10.5. The molecule has 4 aromatic carbocycles. The molecule has 11 heteroatoms. The Bertz CT molecular complexity index is 2710. The van der Waals surface area contributed by atoms with Crippen LogP contribution in [0.2, 0.25) is 0 Å². The number of benzene rings is 4. The zero-order valence-electron chi connectivity index (χ0n) is 35.1. The molecule has 6 aromatic rings. The van der Waals surface area contributed by atoms with E-state index in [1.54, 1.807) is 30.7 Å². The number of aryl methyl sites for hydroxylation is 2. The Kier molecular flexibility index (Phi) is 13.0. The van der Waals surface area contributed by atoms with Gasteiger partial charge >= 0.3 is 0 Å². The molecule has 0 spiro atoms. The first-order valence-corrected chi connectivity index (χ1v) is 20.9. The van der Waals surface area contributed by atoms with Gasteiger partial charge in [0.1, 0.15) is 67.6 Å². The number of likely N-dealkylation sites (tertiary alicyclic amines) is 2. The summed E-state index contributed by atoms with van der Waals surface area (Å²) in [6.07, 6.45) is 8.89. The lowest BCUT2D eigenvalue weighted by atomic mass is 9.95. The number of hydrogen-bond acceptors (Lipinski definition) is 11. The molecule has 2 fully saturated rings. The molecule has 0 N–H and O–H groups in total. The zero-order chi connectivity index (χ0) is 42.8. The first kappa shape index (κ1) is 41.5. The van der Waals surface area contributed by atoms with Crippen molar-refractivity contribution < 1.29 is 18.9 Å². The highest BCUT2D eigenvalue weighted by molar-refractivity contribution is 5.72. The van der Waals surface area contributed by atoms with E-state index in [4.69, 9.17) is 18.9 Å². The van der Waals surface area contributed by atoms with Crippen molar-refractivity contribution in [2.75, 3.05) is 26.2 Å². The number of rotatable bonds is 17. The first-order valence-electron chi connectivity index (χ1n) is 20.9. The molecule has 0 radical (unpaired) electrons. The van der Waals surface area contributed by atoms with Crippen LogP contribution in [0.15, 0.2) is 104 Å². The molecule has 0 atom stereocenters. The summed E-state index contributed by atoms with van der Waals surface area (Å²) in [6, 6.07) is 32.4. The van der Waals surface area contributed by atoms with Gasteiger partial charge in [-0.2, -0.15) is 15.8 Å². The van der Waals surface area contributed by atoms with Gasteiger partial charge in [0.15, 0.2) is 0 Å². The predicted molar refractivity (Wildman–Crippen MR) is 234 cm³/mol. The van der Waals surface area contributed by atoms with Crippen molar-refractivity contribution in [3.63, 3.8) is 0 Å². The van der Waals surface area contributed by atoms with E-state index in [2.05, 4.69) is 56.2 Å². The molecule has 0 amide bonds. The molecule has 2 saturated heterocycles. The van der Waals surface area contributed by atoms with E-state index in [0.717, 1.165) is 112 Å². The van der Waals surface area contributed by atoms with E-state index < -0.39 is 0 Å². The first-order chi connectivity index (χ1) is 30.3. The third-order valence-electron chi connectivity index (χ3n) is 11.3. The SMILES string of the molecule is Cc1cc(CN2CCC2)c(OCc2cncc(C#N)c2)cc1OCc1cccc(-c2cccc(COc3cc(OCc4cncc(C#N)c4)c(CN4CCC4)cc3C)c2C#N)c1. The average molecular weight is 822 g/mol. The van der Waals surface area contributed by atoms with Gasteiger partial charge in [0.05, 0.1) is 16.7 Å². The van der Waals surface area contributed by atoms with Gasteiger partial charge in [-0.3, -0.25) is 19.8 Å². The smallest absolute Gasteiger partial charge is 0.128 e. The van der Waals surface area contributed by atoms with Crippen molar-refractivity contribution in [3.8, 4) is 52.3 Å². The number of aromatic nitrogens is 2. The fourth-order valence-corrected chi connectivity index (χ4v) is 7.66. The third kappa shape index (κ3) is 10.0.